The molecule has 1 atom stereocenters. The Morgan fingerprint density at radius 2 is 2.32 bits per heavy atom. The molecule has 5 heteroatoms. The predicted molar refractivity (Wildman–Crippen MR) is 72.3 cm³/mol. The summed E-state index contributed by atoms with van der Waals surface area (Å²) in [5, 5.41) is 6.82. The fourth-order valence-corrected chi connectivity index (χ4v) is 1.87. The molecule has 100 valence electrons. The lowest BCUT2D eigenvalue weighted by Crippen LogP contribution is -2.34. The normalized spacial score (nSPS) is 12.1. The molecule has 0 fully saturated rings. The Labute approximate surface area is 111 Å². The average Bonchev–Trinajstić information content (AvgIpc) is 2.93. The number of aromatic nitrogens is 2. The summed E-state index contributed by atoms with van der Waals surface area (Å²) >= 11 is 0. The smallest absolute Gasteiger partial charge is 0.323 e. The fraction of sp³-hybridized carbons (Fsp3) is 0.286. The van der Waals surface area contributed by atoms with E-state index >= 15 is 0 Å². The molecule has 1 aromatic heterocycles. The maximum absolute atomic E-state index is 11.5. The third-order valence-electron chi connectivity index (χ3n) is 2.78. The Balaban J connectivity index is 2.09. The van der Waals surface area contributed by atoms with Crippen molar-refractivity contribution < 1.29 is 9.53 Å². The van der Waals surface area contributed by atoms with Crippen LogP contribution in [0.1, 0.15) is 12.5 Å². The number of nitrogens with two attached hydrogens (primary N) is 1. The van der Waals surface area contributed by atoms with E-state index in [1.54, 1.807) is 13.1 Å². The van der Waals surface area contributed by atoms with E-state index < -0.39 is 6.04 Å². The number of hydrogen-bond acceptors (Lipinski definition) is 4. The van der Waals surface area contributed by atoms with Crippen molar-refractivity contribution in [1.29, 1.82) is 0 Å². The van der Waals surface area contributed by atoms with Gasteiger partial charge in [0.25, 0.3) is 0 Å². The molecule has 0 saturated heterocycles. The van der Waals surface area contributed by atoms with Gasteiger partial charge in [-0.15, -0.1) is 0 Å². The number of hydrogen-bond donors (Lipinski definition) is 2. The first-order valence-corrected chi connectivity index (χ1v) is 6.21. The number of carbonyl (C=O) groups is 1. The molecule has 0 spiro atoms. The van der Waals surface area contributed by atoms with Crippen LogP contribution in [-0.2, 0) is 16.0 Å². The van der Waals surface area contributed by atoms with E-state index in [-0.39, 0.29) is 5.97 Å². The van der Waals surface area contributed by atoms with Crippen LogP contribution in [0.15, 0.2) is 36.5 Å². The van der Waals surface area contributed by atoms with Crippen LogP contribution in [0.3, 0.4) is 0 Å². The minimum Gasteiger partial charge on any atom is -0.465 e. The molecule has 1 aromatic carbocycles. The van der Waals surface area contributed by atoms with E-state index in [1.807, 2.05) is 30.3 Å². The standard InChI is InChI=1S/C14H17N3O2/c1-2-19-14(18)12(15)9-10-4-3-5-11(8-10)13-6-7-16-17-13/h3-8,12H,2,9,15H2,1H3,(H,16,17)/t12-/m1/s1. The lowest BCUT2D eigenvalue weighted by molar-refractivity contribution is -0.144. The summed E-state index contributed by atoms with van der Waals surface area (Å²) in [6.07, 6.45) is 2.16. The monoisotopic (exact) mass is 259 g/mol. The van der Waals surface area contributed by atoms with Gasteiger partial charge in [-0.2, -0.15) is 5.10 Å². The average molecular weight is 259 g/mol. The second kappa shape index (κ2) is 6.15. The van der Waals surface area contributed by atoms with Crippen LogP contribution >= 0.6 is 0 Å². The van der Waals surface area contributed by atoms with Gasteiger partial charge < -0.3 is 10.5 Å². The summed E-state index contributed by atoms with van der Waals surface area (Å²) in [6, 6.07) is 9.11. The molecule has 2 rings (SSSR count). The Hall–Kier alpha value is -2.14. The third kappa shape index (κ3) is 3.42. The molecule has 3 N–H and O–H groups in total. The molecule has 0 aliphatic rings. The van der Waals surface area contributed by atoms with Crippen LogP contribution in [0, 0.1) is 0 Å². The highest BCUT2D eigenvalue weighted by Crippen LogP contribution is 2.18. The number of nitrogens with zero attached hydrogens (tertiary/aromatic N) is 1. The summed E-state index contributed by atoms with van der Waals surface area (Å²) in [6.45, 7) is 2.12. The molecule has 0 aliphatic carbocycles. The van der Waals surface area contributed by atoms with Crippen LogP contribution in [0.25, 0.3) is 11.3 Å². The van der Waals surface area contributed by atoms with Gasteiger partial charge in [0.1, 0.15) is 6.04 Å². The van der Waals surface area contributed by atoms with E-state index in [2.05, 4.69) is 10.2 Å². The van der Waals surface area contributed by atoms with Gasteiger partial charge in [-0.1, -0.05) is 18.2 Å². The zero-order valence-corrected chi connectivity index (χ0v) is 10.8. The van der Waals surface area contributed by atoms with Gasteiger partial charge in [-0.3, -0.25) is 9.89 Å². The molecule has 0 saturated carbocycles. The molecule has 0 unspecified atom stereocenters. The number of benzene rings is 1. The van der Waals surface area contributed by atoms with Crippen molar-refractivity contribution in [2.45, 2.75) is 19.4 Å². The maximum atomic E-state index is 11.5. The summed E-state index contributed by atoms with van der Waals surface area (Å²) in [5.74, 6) is -0.366. The molecule has 5 nitrogen and oxygen atoms in total. The zero-order valence-electron chi connectivity index (χ0n) is 10.8. The topological polar surface area (TPSA) is 81.0 Å². The molecule has 0 bridgehead atoms. The molecule has 0 aliphatic heterocycles. The predicted octanol–water partition coefficient (Wildman–Crippen LogP) is 1.51. The van der Waals surface area contributed by atoms with Crippen LogP contribution in [0.4, 0.5) is 0 Å². The number of ether oxygens (including phenoxy) is 1. The summed E-state index contributed by atoms with van der Waals surface area (Å²) in [7, 11) is 0. The molecular formula is C14H17N3O2. The zero-order chi connectivity index (χ0) is 13.7. The van der Waals surface area contributed by atoms with Gasteiger partial charge in [0.15, 0.2) is 0 Å². The summed E-state index contributed by atoms with van der Waals surface area (Å²) in [4.78, 5) is 11.5. The molecule has 0 amide bonds. The SMILES string of the molecule is CCOC(=O)[C@H](N)Cc1cccc(-c2ccn[nH]2)c1. The van der Waals surface area contributed by atoms with E-state index in [9.17, 15) is 4.79 Å². The first-order valence-electron chi connectivity index (χ1n) is 6.21. The number of rotatable bonds is 5. The van der Waals surface area contributed by atoms with Gasteiger partial charge in [-0.25, -0.2) is 0 Å². The molecular weight excluding hydrogens is 242 g/mol. The number of esters is 1. The first kappa shape index (κ1) is 13.3. The third-order valence-corrected chi connectivity index (χ3v) is 2.78. The van der Waals surface area contributed by atoms with Crippen molar-refractivity contribution >= 4 is 5.97 Å². The Kier molecular flexibility index (Phi) is 4.30. The van der Waals surface area contributed by atoms with Crippen molar-refractivity contribution in [3.05, 3.63) is 42.1 Å². The lowest BCUT2D eigenvalue weighted by Gasteiger charge is -2.11. The number of carbonyl (C=O) groups excluding carboxylic acids is 1. The van der Waals surface area contributed by atoms with E-state index in [0.717, 1.165) is 16.8 Å². The Morgan fingerprint density at radius 3 is 3.00 bits per heavy atom. The minimum atomic E-state index is -0.628. The molecule has 19 heavy (non-hydrogen) atoms. The largest absolute Gasteiger partial charge is 0.465 e. The van der Waals surface area contributed by atoms with Crippen LogP contribution in [0.5, 0.6) is 0 Å². The molecule has 0 radical (unpaired) electrons. The quantitative estimate of drug-likeness (QED) is 0.797. The maximum Gasteiger partial charge on any atom is 0.323 e. The van der Waals surface area contributed by atoms with Crippen molar-refractivity contribution in [2.75, 3.05) is 6.61 Å². The number of nitrogens with one attached hydrogen (secondary N) is 1. The van der Waals surface area contributed by atoms with Gasteiger partial charge in [0, 0.05) is 6.20 Å². The Bertz CT molecular complexity index is 537. The highest BCUT2D eigenvalue weighted by Gasteiger charge is 2.15. The highest BCUT2D eigenvalue weighted by atomic mass is 16.5. The van der Waals surface area contributed by atoms with E-state index in [0.29, 0.717) is 13.0 Å². The van der Waals surface area contributed by atoms with E-state index in [4.69, 9.17) is 10.5 Å². The molecule has 2 aromatic rings. The van der Waals surface area contributed by atoms with Gasteiger partial charge in [0.05, 0.1) is 12.3 Å². The fourth-order valence-electron chi connectivity index (χ4n) is 1.87. The van der Waals surface area contributed by atoms with Gasteiger partial charge in [0.2, 0.25) is 0 Å². The van der Waals surface area contributed by atoms with Crippen LogP contribution < -0.4 is 5.73 Å². The second-order valence-corrected chi connectivity index (χ2v) is 4.23. The van der Waals surface area contributed by atoms with Crippen molar-refractivity contribution in [2.24, 2.45) is 5.73 Å². The van der Waals surface area contributed by atoms with Crippen LogP contribution in [0.2, 0.25) is 0 Å². The summed E-state index contributed by atoms with van der Waals surface area (Å²) < 4.78 is 4.90. The van der Waals surface area contributed by atoms with Crippen molar-refractivity contribution in [3.8, 4) is 11.3 Å². The van der Waals surface area contributed by atoms with Crippen molar-refractivity contribution in [3.63, 3.8) is 0 Å². The Morgan fingerprint density at radius 1 is 1.47 bits per heavy atom. The first-order chi connectivity index (χ1) is 9.20. The van der Waals surface area contributed by atoms with E-state index in [1.165, 1.54) is 0 Å². The van der Waals surface area contributed by atoms with Gasteiger partial charge in [-0.05, 0) is 36.6 Å². The van der Waals surface area contributed by atoms with Gasteiger partial charge >= 0.3 is 5.97 Å². The molecule has 1 heterocycles. The van der Waals surface area contributed by atoms with Crippen LogP contribution in [-0.4, -0.2) is 28.8 Å². The second-order valence-electron chi connectivity index (χ2n) is 4.23. The number of H-pyrrole nitrogens is 1. The minimum absolute atomic E-state index is 0.348. The lowest BCUT2D eigenvalue weighted by atomic mass is 10.0. The highest BCUT2D eigenvalue weighted by molar-refractivity contribution is 5.76. The summed E-state index contributed by atoms with van der Waals surface area (Å²) in [5.41, 5.74) is 8.76. The van der Waals surface area contributed by atoms with Crippen molar-refractivity contribution in [1.82, 2.24) is 10.2 Å². The number of aromatic amines is 1.